The number of carbonyl (C=O) groups is 2. The molecule has 0 unspecified atom stereocenters. The molecule has 0 radical (unpaired) electrons. The van der Waals surface area contributed by atoms with Crippen LogP contribution in [-0.2, 0) is 9.59 Å². The predicted octanol–water partition coefficient (Wildman–Crippen LogP) is 1.45. The van der Waals surface area contributed by atoms with Gasteiger partial charge in [-0.25, -0.2) is 0 Å². The lowest BCUT2D eigenvalue weighted by atomic mass is 9.97. The Morgan fingerprint density at radius 2 is 2.11 bits per heavy atom. The SMILES string of the molecule is O=C(O)CCCNCC(=O)NCCC1=CCCCC1. The predicted molar refractivity (Wildman–Crippen MR) is 73.9 cm³/mol. The first kappa shape index (κ1) is 15.7. The molecule has 0 saturated heterocycles. The molecule has 0 aliphatic heterocycles. The molecule has 0 aromatic carbocycles. The highest BCUT2D eigenvalue weighted by Crippen LogP contribution is 2.19. The molecule has 1 amide bonds. The minimum Gasteiger partial charge on any atom is -0.481 e. The monoisotopic (exact) mass is 268 g/mol. The molecule has 0 saturated carbocycles. The Kier molecular flexibility index (Phi) is 7.89. The zero-order chi connectivity index (χ0) is 13.9. The summed E-state index contributed by atoms with van der Waals surface area (Å²) in [4.78, 5) is 21.7. The number of rotatable bonds is 9. The number of carboxylic acid groups (broad SMARTS) is 1. The summed E-state index contributed by atoms with van der Waals surface area (Å²) in [5.41, 5.74) is 1.46. The van der Waals surface area contributed by atoms with E-state index in [4.69, 9.17) is 5.11 Å². The number of nitrogens with one attached hydrogen (secondary N) is 2. The van der Waals surface area contributed by atoms with Gasteiger partial charge in [0.15, 0.2) is 0 Å². The minimum atomic E-state index is -0.799. The van der Waals surface area contributed by atoms with Gasteiger partial charge in [0.05, 0.1) is 6.54 Å². The molecular weight excluding hydrogens is 244 g/mol. The van der Waals surface area contributed by atoms with Gasteiger partial charge in [-0.2, -0.15) is 0 Å². The number of amides is 1. The van der Waals surface area contributed by atoms with Gasteiger partial charge >= 0.3 is 5.97 Å². The molecule has 1 aliphatic carbocycles. The molecule has 0 aromatic heterocycles. The molecule has 0 aromatic rings. The van der Waals surface area contributed by atoms with Crippen LogP contribution in [0.2, 0.25) is 0 Å². The van der Waals surface area contributed by atoms with Crippen LogP contribution in [0.1, 0.15) is 44.9 Å². The van der Waals surface area contributed by atoms with Gasteiger partial charge in [0.1, 0.15) is 0 Å². The molecule has 3 N–H and O–H groups in total. The van der Waals surface area contributed by atoms with Crippen LogP contribution in [-0.4, -0.2) is 36.6 Å². The molecular formula is C14H24N2O3. The van der Waals surface area contributed by atoms with Gasteiger partial charge in [-0.1, -0.05) is 11.6 Å². The molecule has 5 heteroatoms. The van der Waals surface area contributed by atoms with Crippen molar-refractivity contribution in [3.05, 3.63) is 11.6 Å². The smallest absolute Gasteiger partial charge is 0.303 e. The van der Waals surface area contributed by atoms with E-state index in [0.717, 1.165) is 6.42 Å². The number of allylic oxidation sites excluding steroid dienone is 1. The average Bonchev–Trinajstić information content (AvgIpc) is 2.39. The maximum atomic E-state index is 11.5. The van der Waals surface area contributed by atoms with Crippen LogP contribution in [0.15, 0.2) is 11.6 Å². The first-order chi connectivity index (χ1) is 9.18. The molecule has 5 nitrogen and oxygen atoms in total. The summed E-state index contributed by atoms with van der Waals surface area (Å²) in [6, 6.07) is 0. The van der Waals surface area contributed by atoms with Crippen molar-refractivity contribution in [1.82, 2.24) is 10.6 Å². The largest absolute Gasteiger partial charge is 0.481 e. The third-order valence-electron chi connectivity index (χ3n) is 3.18. The van der Waals surface area contributed by atoms with Crippen LogP contribution in [0.5, 0.6) is 0 Å². The van der Waals surface area contributed by atoms with Crippen LogP contribution in [0.3, 0.4) is 0 Å². The third kappa shape index (κ3) is 8.37. The topological polar surface area (TPSA) is 78.4 Å². The zero-order valence-electron chi connectivity index (χ0n) is 11.4. The molecule has 1 aliphatic rings. The third-order valence-corrected chi connectivity index (χ3v) is 3.18. The Labute approximate surface area is 114 Å². The van der Waals surface area contributed by atoms with E-state index in [1.807, 2.05) is 0 Å². The lowest BCUT2D eigenvalue weighted by Crippen LogP contribution is -2.35. The summed E-state index contributed by atoms with van der Waals surface area (Å²) in [7, 11) is 0. The van der Waals surface area contributed by atoms with E-state index in [0.29, 0.717) is 19.5 Å². The highest BCUT2D eigenvalue weighted by Gasteiger charge is 2.05. The van der Waals surface area contributed by atoms with Gasteiger partial charge < -0.3 is 15.7 Å². The quantitative estimate of drug-likeness (QED) is 0.437. The van der Waals surface area contributed by atoms with Crippen LogP contribution in [0.25, 0.3) is 0 Å². The van der Waals surface area contributed by atoms with Crippen molar-refractivity contribution in [3.8, 4) is 0 Å². The number of carboxylic acids is 1. The fourth-order valence-corrected chi connectivity index (χ4v) is 2.12. The second-order valence-corrected chi connectivity index (χ2v) is 4.88. The normalized spacial score (nSPS) is 14.8. The zero-order valence-corrected chi connectivity index (χ0v) is 11.4. The van der Waals surface area contributed by atoms with Crippen LogP contribution in [0.4, 0.5) is 0 Å². The van der Waals surface area contributed by atoms with Crippen molar-refractivity contribution in [2.45, 2.75) is 44.9 Å². The molecule has 0 heterocycles. The standard InChI is InChI=1S/C14H24N2O3/c17-13(11-15-9-4-7-14(18)19)16-10-8-12-5-2-1-3-6-12/h5,15H,1-4,6-11H2,(H,16,17)(H,18,19). The number of carbonyl (C=O) groups excluding carboxylic acids is 1. The van der Waals surface area contributed by atoms with Crippen molar-refractivity contribution in [3.63, 3.8) is 0 Å². The number of aliphatic carboxylic acids is 1. The van der Waals surface area contributed by atoms with Crippen LogP contribution in [0, 0.1) is 0 Å². The van der Waals surface area contributed by atoms with E-state index in [1.54, 1.807) is 0 Å². The Morgan fingerprint density at radius 1 is 1.26 bits per heavy atom. The van der Waals surface area contributed by atoms with Gasteiger partial charge in [0, 0.05) is 13.0 Å². The Balaban J connectivity index is 1.95. The first-order valence-corrected chi connectivity index (χ1v) is 7.05. The Bertz CT molecular complexity index is 327. The summed E-state index contributed by atoms with van der Waals surface area (Å²) in [5.74, 6) is -0.821. The fourth-order valence-electron chi connectivity index (χ4n) is 2.12. The van der Waals surface area contributed by atoms with Crippen molar-refractivity contribution in [2.75, 3.05) is 19.6 Å². The molecule has 0 fully saturated rings. The molecule has 19 heavy (non-hydrogen) atoms. The van der Waals surface area contributed by atoms with E-state index in [9.17, 15) is 9.59 Å². The summed E-state index contributed by atoms with van der Waals surface area (Å²) in [6.45, 7) is 1.52. The second-order valence-electron chi connectivity index (χ2n) is 4.88. The molecule has 0 bridgehead atoms. The summed E-state index contributed by atoms with van der Waals surface area (Å²) < 4.78 is 0. The summed E-state index contributed by atoms with van der Waals surface area (Å²) >= 11 is 0. The fraction of sp³-hybridized carbons (Fsp3) is 0.714. The van der Waals surface area contributed by atoms with E-state index >= 15 is 0 Å². The first-order valence-electron chi connectivity index (χ1n) is 7.05. The van der Waals surface area contributed by atoms with E-state index in [-0.39, 0.29) is 18.9 Å². The maximum Gasteiger partial charge on any atom is 0.303 e. The lowest BCUT2D eigenvalue weighted by Gasteiger charge is -2.13. The van der Waals surface area contributed by atoms with Crippen molar-refractivity contribution < 1.29 is 14.7 Å². The van der Waals surface area contributed by atoms with Crippen molar-refractivity contribution in [2.24, 2.45) is 0 Å². The van der Waals surface area contributed by atoms with Crippen molar-refractivity contribution >= 4 is 11.9 Å². The average molecular weight is 268 g/mol. The summed E-state index contributed by atoms with van der Waals surface area (Å²) in [5, 5.41) is 14.3. The van der Waals surface area contributed by atoms with E-state index in [2.05, 4.69) is 16.7 Å². The van der Waals surface area contributed by atoms with Gasteiger partial charge in [0.2, 0.25) is 5.91 Å². The highest BCUT2D eigenvalue weighted by atomic mass is 16.4. The second kappa shape index (κ2) is 9.55. The number of hydrogen-bond donors (Lipinski definition) is 3. The van der Waals surface area contributed by atoms with E-state index in [1.165, 1.54) is 31.3 Å². The summed E-state index contributed by atoms with van der Waals surface area (Å²) in [6.07, 6.45) is 8.83. The molecule has 0 spiro atoms. The molecule has 1 rings (SSSR count). The maximum absolute atomic E-state index is 11.5. The highest BCUT2D eigenvalue weighted by molar-refractivity contribution is 5.77. The number of hydrogen-bond acceptors (Lipinski definition) is 3. The molecule has 0 atom stereocenters. The van der Waals surface area contributed by atoms with Gasteiger partial charge in [-0.15, -0.1) is 0 Å². The van der Waals surface area contributed by atoms with E-state index < -0.39 is 5.97 Å². The Hall–Kier alpha value is -1.36. The van der Waals surface area contributed by atoms with Crippen LogP contribution >= 0.6 is 0 Å². The van der Waals surface area contributed by atoms with Crippen molar-refractivity contribution in [1.29, 1.82) is 0 Å². The Morgan fingerprint density at radius 3 is 2.79 bits per heavy atom. The van der Waals surface area contributed by atoms with Gasteiger partial charge in [-0.3, -0.25) is 9.59 Å². The minimum absolute atomic E-state index is 0.0215. The van der Waals surface area contributed by atoms with Crippen LogP contribution < -0.4 is 10.6 Å². The lowest BCUT2D eigenvalue weighted by molar-refractivity contribution is -0.137. The molecule has 108 valence electrons. The van der Waals surface area contributed by atoms with Gasteiger partial charge in [0.25, 0.3) is 0 Å². The van der Waals surface area contributed by atoms with Gasteiger partial charge in [-0.05, 0) is 45.1 Å².